The molecule has 0 saturated heterocycles. The van der Waals surface area contributed by atoms with Crippen LogP contribution in [0.3, 0.4) is 0 Å². The van der Waals surface area contributed by atoms with Crippen molar-refractivity contribution in [2.45, 2.75) is 13.1 Å². The highest BCUT2D eigenvalue weighted by molar-refractivity contribution is 14.0. The average Bonchev–Trinajstić information content (AvgIpc) is 3.18. The molecular weight excluding hydrogens is 425 g/mol. The van der Waals surface area contributed by atoms with Crippen molar-refractivity contribution < 1.29 is 0 Å². The largest absolute Gasteiger partial charge is 0.352 e. The van der Waals surface area contributed by atoms with E-state index >= 15 is 0 Å². The van der Waals surface area contributed by atoms with Gasteiger partial charge in [-0.25, -0.2) is 4.68 Å². The van der Waals surface area contributed by atoms with Gasteiger partial charge < -0.3 is 10.6 Å². The summed E-state index contributed by atoms with van der Waals surface area (Å²) in [5.41, 5.74) is 3.44. The molecule has 2 aromatic carbocycles. The van der Waals surface area contributed by atoms with Crippen LogP contribution in [0.25, 0.3) is 5.69 Å². The quantitative estimate of drug-likeness (QED) is 0.359. The van der Waals surface area contributed by atoms with Gasteiger partial charge in [0.1, 0.15) is 0 Å². The first-order chi connectivity index (χ1) is 11.8. The Balaban J connectivity index is 0.00000225. The Morgan fingerprint density at radius 2 is 1.68 bits per heavy atom. The van der Waals surface area contributed by atoms with Crippen molar-refractivity contribution in [1.29, 1.82) is 0 Å². The average molecular weight is 447 g/mol. The van der Waals surface area contributed by atoms with Crippen LogP contribution in [0.4, 0.5) is 0 Å². The molecule has 0 aliphatic heterocycles. The van der Waals surface area contributed by atoms with E-state index in [4.69, 9.17) is 0 Å². The van der Waals surface area contributed by atoms with Crippen LogP contribution in [-0.4, -0.2) is 22.8 Å². The Kier molecular flexibility index (Phi) is 7.46. The summed E-state index contributed by atoms with van der Waals surface area (Å²) in [7, 11) is 1.78. The monoisotopic (exact) mass is 447 g/mol. The number of nitrogens with zero attached hydrogens (tertiary/aromatic N) is 3. The second-order valence-corrected chi connectivity index (χ2v) is 5.39. The molecule has 0 radical (unpaired) electrons. The molecule has 25 heavy (non-hydrogen) atoms. The summed E-state index contributed by atoms with van der Waals surface area (Å²) >= 11 is 0. The van der Waals surface area contributed by atoms with Gasteiger partial charge in [-0.05, 0) is 29.3 Å². The van der Waals surface area contributed by atoms with Crippen LogP contribution in [0, 0.1) is 0 Å². The summed E-state index contributed by atoms with van der Waals surface area (Å²) in [6, 6.07) is 20.5. The highest BCUT2D eigenvalue weighted by Crippen LogP contribution is 2.09. The molecule has 1 aromatic heterocycles. The molecule has 0 aliphatic rings. The predicted molar refractivity (Wildman–Crippen MR) is 112 cm³/mol. The number of halogens is 1. The fourth-order valence-electron chi connectivity index (χ4n) is 2.42. The SMILES string of the molecule is CN=C(NCc1ccccc1)NCc1cccc(-n2cccn2)c1.I. The van der Waals surface area contributed by atoms with Crippen LogP contribution >= 0.6 is 24.0 Å². The Morgan fingerprint density at radius 1 is 0.960 bits per heavy atom. The van der Waals surface area contributed by atoms with Gasteiger partial charge in [0.05, 0.1) is 5.69 Å². The van der Waals surface area contributed by atoms with E-state index in [0.29, 0.717) is 6.54 Å². The zero-order valence-corrected chi connectivity index (χ0v) is 16.4. The summed E-state index contributed by atoms with van der Waals surface area (Å²) < 4.78 is 1.85. The first-order valence-corrected chi connectivity index (χ1v) is 7.92. The van der Waals surface area contributed by atoms with E-state index < -0.39 is 0 Å². The Hall–Kier alpha value is -2.35. The summed E-state index contributed by atoms with van der Waals surface area (Å²) in [6.45, 7) is 1.44. The van der Waals surface area contributed by atoms with Crippen LogP contribution in [-0.2, 0) is 13.1 Å². The predicted octanol–water partition coefficient (Wildman–Crippen LogP) is 3.36. The lowest BCUT2D eigenvalue weighted by Crippen LogP contribution is -2.36. The van der Waals surface area contributed by atoms with Crippen LogP contribution < -0.4 is 10.6 Å². The topological polar surface area (TPSA) is 54.2 Å². The van der Waals surface area contributed by atoms with Crippen molar-refractivity contribution in [2.24, 2.45) is 4.99 Å². The maximum atomic E-state index is 4.27. The van der Waals surface area contributed by atoms with E-state index in [0.717, 1.165) is 18.2 Å². The molecule has 5 nitrogen and oxygen atoms in total. The van der Waals surface area contributed by atoms with E-state index in [-0.39, 0.29) is 24.0 Å². The second kappa shape index (κ2) is 9.83. The molecule has 0 aliphatic carbocycles. The van der Waals surface area contributed by atoms with Crippen molar-refractivity contribution in [1.82, 2.24) is 20.4 Å². The van der Waals surface area contributed by atoms with Gasteiger partial charge in [0.2, 0.25) is 0 Å². The number of rotatable bonds is 5. The third-order valence-electron chi connectivity index (χ3n) is 3.67. The fraction of sp³-hybridized carbons (Fsp3) is 0.158. The zero-order valence-electron chi connectivity index (χ0n) is 14.1. The minimum atomic E-state index is 0. The number of nitrogens with one attached hydrogen (secondary N) is 2. The lowest BCUT2D eigenvalue weighted by atomic mass is 10.2. The second-order valence-electron chi connectivity index (χ2n) is 5.39. The molecule has 0 saturated carbocycles. The summed E-state index contributed by atoms with van der Waals surface area (Å²) in [4.78, 5) is 4.27. The molecule has 130 valence electrons. The van der Waals surface area contributed by atoms with Gasteiger partial charge in [0.15, 0.2) is 5.96 Å². The van der Waals surface area contributed by atoms with E-state index in [1.165, 1.54) is 11.1 Å². The molecule has 3 rings (SSSR count). The van der Waals surface area contributed by atoms with Crippen LogP contribution in [0.1, 0.15) is 11.1 Å². The van der Waals surface area contributed by atoms with Crippen molar-refractivity contribution in [3.8, 4) is 5.69 Å². The molecule has 6 heteroatoms. The first-order valence-electron chi connectivity index (χ1n) is 7.92. The molecule has 0 fully saturated rings. The number of hydrogen-bond acceptors (Lipinski definition) is 2. The standard InChI is InChI=1S/C19H21N5.HI/c1-20-19(21-14-16-7-3-2-4-8-16)22-15-17-9-5-10-18(13-17)24-12-6-11-23-24;/h2-13H,14-15H2,1H3,(H2,20,21,22);1H. The van der Waals surface area contributed by atoms with Crippen LogP contribution in [0.5, 0.6) is 0 Å². The maximum Gasteiger partial charge on any atom is 0.191 e. The Morgan fingerprint density at radius 3 is 2.36 bits per heavy atom. The normalized spacial score (nSPS) is 10.8. The van der Waals surface area contributed by atoms with E-state index in [1.54, 1.807) is 13.2 Å². The van der Waals surface area contributed by atoms with Gasteiger partial charge in [-0.1, -0.05) is 42.5 Å². The molecule has 0 bridgehead atoms. The smallest absolute Gasteiger partial charge is 0.191 e. The van der Waals surface area contributed by atoms with E-state index in [1.807, 2.05) is 47.3 Å². The maximum absolute atomic E-state index is 4.27. The highest BCUT2D eigenvalue weighted by atomic mass is 127. The molecular formula is C19H22IN5. The molecule has 0 atom stereocenters. The molecule has 3 aromatic rings. The Labute approximate surface area is 165 Å². The van der Waals surface area contributed by atoms with Crippen LogP contribution in [0.2, 0.25) is 0 Å². The number of hydrogen-bond donors (Lipinski definition) is 2. The van der Waals surface area contributed by atoms with Crippen molar-refractivity contribution >= 4 is 29.9 Å². The third kappa shape index (κ3) is 5.60. The minimum Gasteiger partial charge on any atom is -0.352 e. The van der Waals surface area contributed by atoms with Crippen molar-refractivity contribution in [2.75, 3.05) is 7.05 Å². The van der Waals surface area contributed by atoms with Gasteiger partial charge in [0.25, 0.3) is 0 Å². The lowest BCUT2D eigenvalue weighted by Gasteiger charge is -2.12. The third-order valence-corrected chi connectivity index (χ3v) is 3.67. The van der Waals surface area contributed by atoms with Gasteiger partial charge in [-0.3, -0.25) is 4.99 Å². The fourth-order valence-corrected chi connectivity index (χ4v) is 2.42. The van der Waals surface area contributed by atoms with E-state index in [9.17, 15) is 0 Å². The van der Waals surface area contributed by atoms with E-state index in [2.05, 4.69) is 45.0 Å². The zero-order chi connectivity index (χ0) is 16.6. The number of aromatic nitrogens is 2. The van der Waals surface area contributed by atoms with Gasteiger partial charge in [-0.2, -0.15) is 5.10 Å². The Bertz CT molecular complexity index is 785. The number of benzene rings is 2. The van der Waals surface area contributed by atoms with Crippen LogP contribution in [0.15, 0.2) is 78.0 Å². The van der Waals surface area contributed by atoms with Crippen molar-refractivity contribution in [3.05, 3.63) is 84.2 Å². The van der Waals surface area contributed by atoms with Gasteiger partial charge in [-0.15, -0.1) is 24.0 Å². The van der Waals surface area contributed by atoms with Crippen molar-refractivity contribution in [3.63, 3.8) is 0 Å². The molecule has 0 unspecified atom stereocenters. The molecule has 2 N–H and O–H groups in total. The molecule has 0 amide bonds. The number of guanidine groups is 1. The number of aliphatic imine (C=N–C) groups is 1. The molecule has 1 heterocycles. The summed E-state index contributed by atoms with van der Waals surface area (Å²) in [5, 5.41) is 10.9. The molecule has 0 spiro atoms. The van der Waals surface area contributed by atoms with Gasteiger partial charge >= 0.3 is 0 Å². The highest BCUT2D eigenvalue weighted by Gasteiger charge is 2.01. The van der Waals surface area contributed by atoms with Gasteiger partial charge in [0, 0.05) is 32.5 Å². The first kappa shape index (κ1) is 19.0. The minimum absolute atomic E-state index is 0. The lowest BCUT2D eigenvalue weighted by molar-refractivity contribution is 0.806. The summed E-state index contributed by atoms with van der Waals surface area (Å²) in [5.74, 6) is 0.781. The summed E-state index contributed by atoms with van der Waals surface area (Å²) in [6.07, 6.45) is 3.72.